The number of rotatable bonds is 4. The van der Waals surface area contributed by atoms with Crippen LogP contribution in [0.3, 0.4) is 0 Å². The van der Waals surface area contributed by atoms with E-state index in [0.29, 0.717) is 12.1 Å². The van der Waals surface area contributed by atoms with Gasteiger partial charge in [-0.25, -0.2) is 8.78 Å². The van der Waals surface area contributed by atoms with Crippen molar-refractivity contribution in [2.75, 3.05) is 0 Å². The van der Waals surface area contributed by atoms with Crippen LogP contribution in [0.25, 0.3) is 0 Å². The van der Waals surface area contributed by atoms with Crippen molar-refractivity contribution in [1.29, 1.82) is 0 Å². The van der Waals surface area contributed by atoms with Gasteiger partial charge in [0.25, 0.3) is 0 Å². The fourth-order valence-corrected chi connectivity index (χ4v) is 2.08. The maximum absolute atomic E-state index is 13.1. The van der Waals surface area contributed by atoms with Gasteiger partial charge in [-0.15, -0.1) is 0 Å². The Morgan fingerprint density at radius 3 is 2.21 bits per heavy atom. The number of benzene rings is 2. The highest BCUT2D eigenvalue weighted by Gasteiger charge is 2.08. The van der Waals surface area contributed by atoms with Crippen molar-refractivity contribution in [3.05, 3.63) is 69.7 Å². The monoisotopic (exact) mass is 325 g/mol. The van der Waals surface area contributed by atoms with Gasteiger partial charge in [-0.1, -0.05) is 28.1 Å². The normalized spacial score (nSPS) is 12.4. The summed E-state index contributed by atoms with van der Waals surface area (Å²) in [5.74, 6) is -1.10. The van der Waals surface area contributed by atoms with E-state index in [9.17, 15) is 8.78 Å². The second kappa shape index (κ2) is 6.26. The first-order chi connectivity index (χ1) is 9.04. The van der Waals surface area contributed by atoms with Crippen LogP contribution >= 0.6 is 15.9 Å². The van der Waals surface area contributed by atoms with Crippen molar-refractivity contribution in [3.63, 3.8) is 0 Å². The van der Waals surface area contributed by atoms with E-state index in [0.717, 1.165) is 16.1 Å². The standard InChI is InChI=1S/C15H14BrF2N/c1-10(12-6-14(17)8-15(18)7-12)19-9-11-2-4-13(16)5-3-11/h2-8,10,19H,9H2,1H3. The lowest BCUT2D eigenvalue weighted by Gasteiger charge is -2.14. The molecule has 2 aromatic carbocycles. The Morgan fingerprint density at radius 2 is 1.63 bits per heavy atom. The van der Waals surface area contributed by atoms with E-state index in [4.69, 9.17) is 0 Å². The Labute approximate surface area is 119 Å². The molecule has 1 N–H and O–H groups in total. The third-order valence-corrected chi connectivity index (χ3v) is 3.44. The molecule has 19 heavy (non-hydrogen) atoms. The molecule has 2 rings (SSSR count). The van der Waals surface area contributed by atoms with Gasteiger partial charge in [0.1, 0.15) is 11.6 Å². The van der Waals surface area contributed by atoms with E-state index in [-0.39, 0.29) is 6.04 Å². The summed E-state index contributed by atoms with van der Waals surface area (Å²) < 4.78 is 27.3. The summed E-state index contributed by atoms with van der Waals surface area (Å²) in [5, 5.41) is 3.24. The molecular formula is C15H14BrF2N. The third-order valence-electron chi connectivity index (χ3n) is 2.91. The number of halogens is 3. The van der Waals surface area contributed by atoms with Crippen molar-refractivity contribution in [3.8, 4) is 0 Å². The minimum atomic E-state index is -0.549. The lowest BCUT2D eigenvalue weighted by molar-refractivity contribution is 0.545. The number of nitrogens with one attached hydrogen (secondary N) is 1. The molecule has 0 aliphatic carbocycles. The molecule has 1 atom stereocenters. The zero-order valence-corrected chi connectivity index (χ0v) is 12.0. The summed E-state index contributed by atoms with van der Waals surface area (Å²) in [4.78, 5) is 0. The fourth-order valence-electron chi connectivity index (χ4n) is 1.82. The third kappa shape index (κ3) is 4.11. The summed E-state index contributed by atoms with van der Waals surface area (Å²) in [7, 11) is 0. The zero-order valence-electron chi connectivity index (χ0n) is 10.5. The minimum Gasteiger partial charge on any atom is -0.306 e. The van der Waals surface area contributed by atoms with Crippen LogP contribution in [-0.2, 0) is 6.54 Å². The molecule has 0 saturated heterocycles. The van der Waals surface area contributed by atoms with Gasteiger partial charge in [0.15, 0.2) is 0 Å². The molecule has 0 aromatic heterocycles. The Bertz CT molecular complexity index is 534. The number of hydrogen-bond donors (Lipinski definition) is 1. The van der Waals surface area contributed by atoms with Gasteiger partial charge < -0.3 is 5.32 Å². The molecule has 0 fully saturated rings. The van der Waals surface area contributed by atoms with Crippen molar-refractivity contribution >= 4 is 15.9 Å². The first-order valence-electron chi connectivity index (χ1n) is 5.98. The Kier molecular flexibility index (Phi) is 4.66. The lowest BCUT2D eigenvalue weighted by Crippen LogP contribution is -2.18. The number of hydrogen-bond acceptors (Lipinski definition) is 1. The zero-order chi connectivity index (χ0) is 13.8. The van der Waals surface area contributed by atoms with Crippen LogP contribution in [0.1, 0.15) is 24.1 Å². The molecule has 1 nitrogen and oxygen atoms in total. The van der Waals surface area contributed by atoms with Gasteiger partial charge in [-0.05, 0) is 42.3 Å². The average molecular weight is 326 g/mol. The van der Waals surface area contributed by atoms with Crippen LogP contribution in [0.4, 0.5) is 8.78 Å². The summed E-state index contributed by atoms with van der Waals surface area (Å²) in [6.45, 7) is 2.53. The molecule has 0 amide bonds. The van der Waals surface area contributed by atoms with Gasteiger partial charge in [0, 0.05) is 23.1 Å². The smallest absolute Gasteiger partial charge is 0.126 e. The molecule has 0 saturated carbocycles. The maximum Gasteiger partial charge on any atom is 0.126 e. The van der Waals surface area contributed by atoms with Crippen molar-refractivity contribution in [1.82, 2.24) is 5.32 Å². The van der Waals surface area contributed by atoms with E-state index in [1.807, 2.05) is 31.2 Å². The second-order valence-electron chi connectivity index (χ2n) is 4.43. The summed E-state index contributed by atoms with van der Waals surface area (Å²) in [6, 6.07) is 11.4. The van der Waals surface area contributed by atoms with Crippen LogP contribution in [0.5, 0.6) is 0 Å². The topological polar surface area (TPSA) is 12.0 Å². The highest BCUT2D eigenvalue weighted by molar-refractivity contribution is 9.10. The SMILES string of the molecule is CC(NCc1ccc(Br)cc1)c1cc(F)cc(F)c1. The minimum absolute atomic E-state index is 0.117. The summed E-state index contributed by atoms with van der Waals surface area (Å²) in [5.41, 5.74) is 1.72. The van der Waals surface area contributed by atoms with Crippen LogP contribution in [-0.4, -0.2) is 0 Å². The average Bonchev–Trinajstić information content (AvgIpc) is 2.36. The van der Waals surface area contributed by atoms with Crippen LogP contribution < -0.4 is 5.32 Å². The van der Waals surface area contributed by atoms with E-state index in [1.165, 1.54) is 12.1 Å². The van der Waals surface area contributed by atoms with Gasteiger partial charge in [0.05, 0.1) is 0 Å². The van der Waals surface area contributed by atoms with Crippen LogP contribution in [0.15, 0.2) is 46.9 Å². The lowest BCUT2D eigenvalue weighted by atomic mass is 10.1. The Balaban J connectivity index is 2.00. The Morgan fingerprint density at radius 1 is 1.05 bits per heavy atom. The van der Waals surface area contributed by atoms with Crippen molar-refractivity contribution < 1.29 is 8.78 Å². The second-order valence-corrected chi connectivity index (χ2v) is 5.35. The van der Waals surface area contributed by atoms with Crippen LogP contribution in [0, 0.1) is 11.6 Å². The van der Waals surface area contributed by atoms with E-state index < -0.39 is 11.6 Å². The van der Waals surface area contributed by atoms with E-state index >= 15 is 0 Å². The van der Waals surface area contributed by atoms with E-state index in [1.54, 1.807) is 0 Å². The highest BCUT2D eigenvalue weighted by Crippen LogP contribution is 2.17. The van der Waals surface area contributed by atoms with Crippen LogP contribution in [0.2, 0.25) is 0 Å². The molecule has 0 radical (unpaired) electrons. The first kappa shape index (κ1) is 14.2. The quantitative estimate of drug-likeness (QED) is 0.867. The van der Waals surface area contributed by atoms with Gasteiger partial charge >= 0.3 is 0 Å². The van der Waals surface area contributed by atoms with Gasteiger partial charge in [0.2, 0.25) is 0 Å². The maximum atomic E-state index is 13.1. The molecule has 0 aliphatic rings. The van der Waals surface area contributed by atoms with Crippen molar-refractivity contribution in [2.24, 2.45) is 0 Å². The molecule has 0 bridgehead atoms. The summed E-state index contributed by atoms with van der Waals surface area (Å²) >= 11 is 3.37. The van der Waals surface area contributed by atoms with Gasteiger partial charge in [-0.3, -0.25) is 0 Å². The molecule has 4 heteroatoms. The molecule has 0 heterocycles. The molecular weight excluding hydrogens is 312 g/mol. The molecule has 100 valence electrons. The Hall–Kier alpha value is -1.26. The predicted octanol–water partition coefficient (Wildman–Crippen LogP) is 4.58. The fraction of sp³-hybridized carbons (Fsp3) is 0.200. The largest absolute Gasteiger partial charge is 0.306 e. The van der Waals surface area contributed by atoms with Crippen molar-refractivity contribution in [2.45, 2.75) is 19.5 Å². The first-order valence-corrected chi connectivity index (χ1v) is 6.78. The predicted molar refractivity (Wildman–Crippen MR) is 75.8 cm³/mol. The van der Waals surface area contributed by atoms with Gasteiger partial charge in [-0.2, -0.15) is 0 Å². The van der Waals surface area contributed by atoms with E-state index in [2.05, 4.69) is 21.2 Å². The molecule has 0 spiro atoms. The molecule has 2 aromatic rings. The summed E-state index contributed by atoms with van der Waals surface area (Å²) in [6.07, 6.45) is 0. The molecule has 0 aliphatic heterocycles. The molecule has 1 unspecified atom stereocenters. The highest BCUT2D eigenvalue weighted by atomic mass is 79.9.